The number of aryl methyl sites for hydroxylation is 1. The maximum atomic E-state index is 11.3. The number of nitro groups is 1. The lowest BCUT2D eigenvalue weighted by Gasteiger charge is -2.13. The van der Waals surface area contributed by atoms with Crippen LogP contribution in [-0.4, -0.2) is 14.3 Å². The van der Waals surface area contributed by atoms with Gasteiger partial charge in [0.1, 0.15) is 6.20 Å². The van der Waals surface area contributed by atoms with Crippen LogP contribution in [0.4, 0.5) is 11.6 Å². The summed E-state index contributed by atoms with van der Waals surface area (Å²) in [6.45, 7) is 3.98. The van der Waals surface area contributed by atoms with Crippen molar-refractivity contribution < 1.29 is 4.92 Å². The van der Waals surface area contributed by atoms with Crippen LogP contribution in [0, 0.1) is 17.0 Å². The number of fused-ring (bicyclic) bond motifs is 1. The number of hydrogen-bond donors (Lipinski definition) is 1. The van der Waals surface area contributed by atoms with Crippen molar-refractivity contribution in [1.82, 2.24) is 9.38 Å². The topological polar surface area (TPSA) is 72.5 Å². The van der Waals surface area contributed by atoms with Gasteiger partial charge < -0.3 is 15.4 Å². The molecule has 7 heteroatoms. The molecule has 1 atom stereocenters. The van der Waals surface area contributed by atoms with Gasteiger partial charge in [-0.15, -0.1) is 0 Å². The van der Waals surface area contributed by atoms with Gasteiger partial charge >= 0.3 is 5.82 Å². The first kappa shape index (κ1) is 13.6. The van der Waals surface area contributed by atoms with Crippen molar-refractivity contribution >= 4 is 27.9 Å². The third-order valence-electron chi connectivity index (χ3n) is 3.34. The molecule has 0 amide bonds. The van der Waals surface area contributed by atoms with Crippen LogP contribution in [0.5, 0.6) is 0 Å². The van der Waals surface area contributed by atoms with Gasteiger partial charge in [-0.05, 0) is 24.3 Å². The van der Waals surface area contributed by atoms with Crippen molar-refractivity contribution in [3.05, 3.63) is 57.1 Å². The van der Waals surface area contributed by atoms with Crippen molar-refractivity contribution in [3.8, 4) is 0 Å². The van der Waals surface area contributed by atoms with E-state index in [9.17, 15) is 10.1 Å². The Hall–Kier alpha value is -2.41. The first-order chi connectivity index (χ1) is 10.1. The molecule has 6 nitrogen and oxygen atoms in total. The van der Waals surface area contributed by atoms with E-state index >= 15 is 0 Å². The van der Waals surface area contributed by atoms with Crippen LogP contribution in [0.2, 0.25) is 0 Å². The number of anilines is 1. The lowest BCUT2D eigenvalue weighted by molar-refractivity contribution is -0.389. The van der Waals surface area contributed by atoms with Crippen molar-refractivity contribution in [2.45, 2.75) is 19.9 Å². The molecular formula is C14H14N4O2S. The zero-order valence-electron chi connectivity index (χ0n) is 11.6. The third kappa shape index (κ3) is 2.47. The van der Waals surface area contributed by atoms with Crippen LogP contribution in [0.3, 0.4) is 0 Å². The van der Waals surface area contributed by atoms with Gasteiger partial charge in [0.15, 0.2) is 0 Å². The van der Waals surface area contributed by atoms with Gasteiger partial charge in [0.05, 0.1) is 6.04 Å². The molecule has 2 heterocycles. The van der Waals surface area contributed by atoms with Crippen LogP contribution < -0.4 is 5.32 Å². The van der Waals surface area contributed by atoms with Crippen LogP contribution in [0.15, 0.2) is 35.8 Å². The number of nitrogens with one attached hydrogen (secondary N) is 1. The molecule has 21 heavy (non-hydrogen) atoms. The summed E-state index contributed by atoms with van der Waals surface area (Å²) in [6.07, 6.45) is 1.66. The minimum atomic E-state index is -0.406. The van der Waals surface area contributed by atoms with E-state index in [0.717, 1.165) is 5.56 Å². The highest BCUT2D eigenvalue weighted by atomic mass is 32.1. The van der Waals surface area contributed by atoms with Gasteiger partial charge in [-0.25, -0.2) is 0 Å². The number of imidazole rings is 1. The number of aromatic nitrogens is 2. The molecule has 3 aromatic rings. The molecule has 2 aromatic heterocycles. The van der Waals surface area contributed by atoms with Gasteiger partial charge in [-0.2, -0.15) is 9.38 Å². The summed E-state index contributed by atoms with van der Waals surface area (Å²) in [5, 5.41) is 16.2. The number of thiazole rings is 1. The SMILES string of the molecule is Cc1ccc(C(C)Nc2nc3sccn3c2[N+](=O)[O-])cc1. The molecule has 0 aliphatic heterocycles. The van der Waals surface area contributed by atoms with E-state index in [1.54, 1.807) is 11.6 Å². The summed E-state index contributed by atoms with van der Waals surface area (Å²) in [6, 6.07) is 8.00. The summed E-state index contributed by atoms with van der Waals surface area (Å²) < 4.78 is 1.49. The maximum absolute atomic E-state index is 11.3. The fraction of sp³-hybridized carbons (Fsp3) is 0.214. The summed E-state index contributed by atoms with van der Waals surface area (Å²) in [5.74, 6) is 0.283. The second kappa shape index (κ2) is 5.17. The minimum absolute atomic E-state index is 0.0230. The monoisotopic (exact) mass is 302 g/mol. The highest BCUT2D eigenvalue weighted by Crippen LogP contribution is 2.30. The van der Waals surface area contributed by atoms with E-state index in [0.29, 0.717) is 10.8 Å². The van der Waals surface area contributed by atoms with Crippen molar-refractivity contribution in [2.75, 3.05) is 5.32 Å². The van der Waals surface area contributed by atoms with E-state index in [-0.39, 0.29) is 11.9 Å². The largest absolute Gasteiger partial charge is 0.372 e. The van der Waals surface area contributed by atoms with Gasteiger partial charge in [0.2, 0.25) is 5.82 Å². The average Bonchev–Trinajstić information content (AvgIpc) is 2.98. The molecule has 0 spiro atoms. The molecule has 1 unspecified atom stereocenters. The van der Waals surface area contributed by atoms with Gasteiger partial charge in [-0.3, -0.25) is 0 Å². The van der Waals surface area contributed by atoms with Crippen molar-refractivity contribution in [3.63, 3.8) is 0 Å². The molecule has 1 aromatic carbocycles. The molecule has 0 aliphatic carbocycles. The molecule has 0 fully saturated rings. The molecule has 0 bridgehead atoms. The first-order valence-corrected chi connectivity index (χ1v) is 7.37. The highest BCUT2D eigenvalue weighted by molar-refractivity contribution is 7.15. The summed E-state index contributed by atoms with van der Waals surface area (Å²) in [7, 11) is 0. The maximum Gasteiger partial charge on any atom is 0.372 e. The van der Waals surface area contributed by atoms with Crippen LogP contribution >= 0.6 is 11.3 Å². The van der Waals surface area contributed by atoms with E-state index in [2.05, 4.69) is 10.3 Å². The Balaban J connectivity index is 1.93. The number of benzene rings is 1. The van der Waals surface area contributed by atoms with Crippen LogP contribution in [0.1, 0.15) is 24.1 Å². The quantitative estimate of drug-likeness (QED) is 0.588. The van der Waals surface area contributed by atoms with Crippen molar-refractivity contribution in [2.24, 2.45) is 0 Å². The molecule has 0 aliphatic rings. The fourth-order valence-corrected chi connectivity index (χ4v) is 2.90. The van der Waals surface area contributed by atoms with E-state index in [1.165, 1.54) is 21.3 Å². The van der Waals surface area contributed by atoms with Gasteiger partial charge in [0, 0.05) is 5.38 Å². The molecule has 0 radical (unpaired) electrons. The summed E-state index contributed by atoms with van der Waals surface area (Å²) >= 11 is 1.37. The predicted molar refractivity (Wildman–Crippen MR) is 82.9 cm³/mol. The summed E-state index contributed by atoms with van der Waals surface area (Å²) in [5.41, 5.74) is 2.24. The smallest absolute Gasteiger partial charge is 0.358 e. The lowest BCUT2D eigenvalue weighted by Crippen LogP contribution is -2.08. The molecule has 3 rings (SSSR count). The highest BCUT2D eigenvalue weighted by Gasteiger charge is 2.24. The molecule has 0 saturated heterocycles. The second-order valence-corrected chi connectivity index (χ2v) is 5.75. The first-order valence-electron chi connectivity index (χ1n) is 6.49. The Kier molecular flexibility index (Phi) is 3.34. The number of rotatable bonds is 4. The lowest BCUT2D eigenvalue weighted by atomic mass is 10.1. The Bertz CT molecular complexity index is 791. The number of hydrogen-bond acceptors (Lipinski definition) is 5. The zero-order chi connectivity index (χ0) is 15.0. The zero-order valence-corrected chi connectivity index (χ0v) is 12.4. The Morgan fingerprint density at radius 2 is 2.10 bits per heavy atom. The van der Waals surface area contributed by atoms with Gasteiger partial charge in [-0.1, -0.05) is 41.2 Å². The van der Waals surface area contributed by atoms with E-state index in [1.807, 2.05) is 38.1 Å². The Morgan fingerprint density at radius 3 is 2.76 bits per heavy atom. The minimum Gasteiger partial charge on any atom is -0.358 e. The van der Waals surface area contributed by atoms with Gasteiger partial charge in [0.25, 0.3) is 4.96 Å². The normalized spacial score (nSPS) is 12.5. The standard InChI is InChI=1S/C14H14N4O2S/c1-9-3-5-11(6-4-9)10(2)15-12-13(18(19)20)17-7-8-21-14(17)16-12/h3-8,10,15H,1-2H3. The van der Waals surface area contributed by atoms with Crippen LogP contribution in [-0.2, 0) is 0 Å². The Morgan fingerprint density at radius 1 is 1.38 bits per heavy atom. The average molecular weight is 302 g/mol. The Labute approximate surface area is 125 Å². The molecule has 108 valence electrons. The third-order valence-corrected chi connectivity index (χ3v) is 4.10. The molecular weight excluding hydrogens is 288 g/mol. The predicted octanol–water partition coefficient (Wildman–Crippen LogP) is 3.79. The molecule has 1 N–H and O–H groups in total. The fourth-order valence-electron chi connectivity index (χ4n) is 2.19. The summed E-state index contributed by atoms with van der Waals surface area (Å²) in [4.78, 5) is 15.8. The molecule has 0 saturated carbocycles. The van der Waals surface area contributed by atoms with Crippen molar-refractivity contribution in [1.29, 1.82) is 0 Å². The number of nitrogens with zero attached hydrogens (tertiary/aromatic N) is 3. The second-order valence-electron chi connectivity index (χ2n) is 4.87. The van der Waals surface area contributed by atoms with E-state index < -0.39 is 4.92 Å². The van der Waals surface area contributed by atoms with E-state index in [4.69, 9.17) is 0 Å². The van der Waals surface area contributed by atoms with Crippen LogP contribution in [0.25, 0.3) is 4.96 Å².